The predicted octanol–water partition coefficient (Wildman–Crippen LogP) is 3.46. The Kier molecular flexibility index (Phi) is 3.39. The molecule has 0 radical (unpaired) electrons. The van der Waals surface area contributed by atoms with Crippen LogP contribution in [-0.4, -0.2) is 0 Å². The Morgan fingerprint density at radius 2 is 1.44 bits per heavy atom. The molecule has 1 unspecified atom stereocenters. The zero-order chi connectivity index (χ0) is 13.3. The molecule has 94 valence electrons. The lowest BCUT2D eigenvalue weighted by Gasteiger charge is -2.15. The molecule has 0 bridgehead atoms. The highest BCUT2D eigenvalue weighted by atomic mass is 19.2. The first-order valence-corrected chi connectivity index (χ1v) is 5.47. The van der Waals surface area contributed by atoms with Gasteiger partial charge in [-0.05, 0) is 18.6 Å². The van der Waals surface area contributed by atoms with Crippen LogP contribution in [0.3, 0.4) is 0 Å². The monoisotopic (exact) mass is 251 g/mol. The van der Waals surface area contributed by atoms with Gasteiger partial charge in [-0.15, -0.1) is 0 Å². The Morgan fingerprint density at radius 1 is 0.889 bits per heavy atom. The minimum Gasteiger partial charge on any atom is -0.320 e. The molecule has 2 rings (SSSR count). The molecule has 18 heavy (non-hydrogen) atoms. The van der Waals surface area contributed by atoms with E-state index in [9.17, 15) is 13.2 Å². The molecule has 0 amide bonds. The van der Waals surface area contributed by atoms with Gasteiger partial charge in [0.05, 0.1) is 6.04 Å². The Labute approximate surface area is 103 Å². The molecule has 0 spiro atoms. The molecule has 0 heterocycles. The second-order valence-corrected chi connectivity index (χ2v) is 4.10. The maximum atomic E-state index is 13.9. The average molecular weight is 251 g/mol. The zero-order valence-corrected chi connectivity index (χ0v) is 9.75. The molecule has 0 saturated carbocycles. The fraction of sp³-hybridized carbons (Fsp3) is 0.143. The van der Waals surface area contributed by atoms with Gasteiger partial charge in [0, 0.05) is 11.1 Å². The third-order valence-corrected chi connectivity index (χ3v) is 2.87. The van der Waals surface area contributed by atoms with Gasteiger partial charge in [-0.1, -0.05) is 30.3 Å². The highest BCUT2D eigenvalue weighted by Gasteiger charge is 2.19. The summed E-state index contributed by atoms with van der Waals surface area (Å²) in [6.07, 6.45) is 0. The average Bonchev–Trinajstić information content (AvgIpc) is 2.35. The van der Waals surface area contributed by atoms with Crippen LogP contribution in [0.2, 0.25) is 0 Å². The lowest BCUT2D eigenvalue weighted by molar-refractivity contribution is 0.492. The molecule has 2 aromatic carbocycles. The Bertz CT molecular complexity index is 530. The second kappa shape index (κ2) is 4.82. The van der Waals surface area contributed by atoms with Crippen LogP contribution in [0.1, 0.15) is 22.7 Å². The third kappa shape index (κ3) is 2.11. The predicted molar refractivity (Wildman–Crippen MR) is 63.5 cm³/mol. The van der Waals surface area contributed by atoms with Crippen molar-refractivity contribution in [3.63, 3.8) is 0 Å². The molecule has 0 aliphatic carbocycles. The van der Waals surface area contributed by atoms with E-state index in [1.165, 1.54) is 18.2 Å². The minimum absolute atomic E-state index is 0.0560. The largest absolute Gasteiger partial charge is 0.320 e. The van der Waals surface area contributed by atoms with Gasteiger partial charge in [0.25, 0.3) is 0 Å². The molecular formula is C14H12F3N. The van der Waals surface area contributed by atoms with E-state index in [1.807, 2.05) is 0 Å². The quantitative estimate of drug-likeness (QED) is 0.869. The van der Waals surface area contributed by atoms with E-state index in [1.54, 1.807) is 19.1 Å². The van der Waals surface area contributed by atoms with Gasteiger partial charge in [-0.2, -0.15) is 0 Å². The molecule has 0 aliphatic heterocycles. The summed E-state index contributed by atoms with van der Waals surface area (Å²) in [5, 5.41) is 0. The summed E-state index contributed by atoms with van der Waals surface area (Å²) in [5.74, 6) is -2.52. The van der Waals surface area contributed by atoms with Gasteiger partial charge in [0.2, 0.25) is 0 Å². The summed E-state index contributed by atoms with van der Waals surface area (Å²) in [6, 6.07) is 7.36. The fourth-order valence-electron chi connectivity index (χ4n) is 1.84. The van der Waals surface area contributed by atoms with E-state index >= 15 is 0 Å². The summed E-state index contributed by atoms with van der Waals surface area (Å²) < 4.78 is 40.6. The van der Waals surface area contributed by atoms with Crippen molar-refractivity contribution in [2.75, 3.05) is 0 Å². The third-order valence-electron chi connectivity index (χ3n) is 2.87. The van der Waals surface area contributed by atoms with Gasteiger partial charge in [-0.25, -0.2) is 13.2 Å². The highest BCUT2D eigenvalue weighted by Crippen LogP contribution is 2.26. The Hall–Kier alpha value is -1.81. The maximum absolute atomic E-state index is 13.9. The molecular weight excluding hydrogens is 239 g/mol. The molecule has 2 N–H and O–H groups in total. The van der Waals surface area contributed by atoms with E-state index < -0.39 is 23.5 Å². The molecule has 4 heteroatoms. The Balaban J connectivity index is 2.51. The first-order chi connectivity index (χ1) is 8.52. The topological polar surface area (TPSA) is 26.0 Å². The van der Waals surface area contributed by atoms with Crippen molar-refractivity contribution in [3.8, 4) is 0 Å². The van der Waals surface area contributed by atoms with Crippen LogP contribution >= 0.6 is 0 Å². The number of nitrogens with two attached hydrogens (primary N) is 1. The number of hydrogen-bond acceptors (Lipinski definition) is 1. The van der Waals surface area contributed by atoms with Gasteiger partial charge >= 0.3 is 0 Å². The molecule has 1 atom stereocenters. The zero-order valence-electron chi connectivity index (χ0n) is 9.75. The lowest BCUT2D eigenvalue weighted by atomic mass is 9.97. The van der Waals surface area contributed by atoms with Crippen LogP contribution in [0.4, 0.5) is 13.2 Å². The number of halogens is 3. The fourth-order valence-corrected chi connectivity index (χ4v) is 1.84. The van der Waals surface area contributed by atoms with Gasteiger partial charge in [0.15, 0.2) is 11.6 Å². The molecule has 0 aromatic heterocycles. The van der Waals surface area contributed by atoms with Crippen LogP contribution in [0.25, 0.3) is 0 Å². The first kappa shape index (κ1) is 12.6. The number of benzene rings is 2. The van der Waals surface area contributed by atoms with E-state index in [4.69, 9.17) is 5.73 Å². The van der Waals surface area contributed by atoms with Crippen molar-refractivity contribution < 1.29 is 13.2 Å². The summed E-state index contributed by atoms with van der Waals surface area (Å²) in [4.78, 5) is 0. The van der Waals surface area contributed by atoms with Crippen molar-refractivity contribution in [2.45, 2.75) is 13.0 Å². The second-order valence-electron chi connectivity index (χ2n) is 4.10. The highest BCUT2D eigenvalue weighted by molar-refractivity contribution is 5.35. The van der Waals surface area contributed by atoms with Crippen LogP contribution in [0.15, 0.2) is 36.4 Å². The summed E-state index contributed by atoms with van der Waals surface area (Å²) in [7, 11) is 0. The SMILES string of the molecule is Cc1cccc(C(N)c2cccc(F)c2F)c1F. The van der Waals surface area contributed by atoms with E-state index in [2.05, 4.69) is 0 Å². The van der Waals surface area contributed by atoms with Gasteiger partial charge < -0.3 is 5.73 Å². The van der Waals surface area contributed by atoms with Crippen molar-refractivity contribution in [2.24, 2.45) is 5.73 Å². The number of hydrogen-bond donors (Lipinski definition) is 1. The summed E-state index contributed by atoms with van der Waals surface area (Å²) >= 11 is 0. The van der Waals surface area contributed by atoms with Crippen molar-refractivity contribution in [3.05, 3.63) is 70.5 Å². The smallest absolute Gasteiger partial charge is 0.163 e. The molecule has 0 saturated heterocycles. The Morgan fingerprint density at radius 3 is 2.11 bits per heavy atom. The van der Waals surface area contributed by atoms with E-state index in [-0.39, 0.29) is 11.1 Å². The normalized spacial score (nSPS) is 12.5. The van der Waals surface area contributed by atoms with Gasteiger partial charge in [-0.3, -0.25) is 0 Å². The van der Waals surface area contributed by atoms with Crippen LogP contribution in [0, 0.1) is 24.4 Å². The molecule has 0 fully saturated rings. The number of aryl methyl sites for hydroxylation is 1. The van der Waals surface area contributed by atoms with E-state index in [0.29, 0.717) is 5.56 Å². The summed E-state index contributed by atoms with van der Waals surface area (Å²) in [6.45, 7) is 1.59. The summed E-state index contributed by atoms with van der Waals surface area (Å²) in [5.41, 5.74) is 6.32. The molecule has 2 aromatic rings. The number of rotatable bonds is 2. The molecule has 0 aliphatic rings. The van der Waals surface area contributed by atoms with E-state index in [0.717, 1.165) is 6.07 Å². The van der Waals surface area contributed by atoms with Crippen LogP contribution in [0.5, 0.6) is 0 Å². The van der Waals surface area contributed by atoms with Crippen molar-refractivity contribution in [1.82, 2.24) is 0 Å². The van der Waals surface area contributed by atoms with Crippen LogP contribution < -0.4 is 5.73 Å². The minimum atomic E-state index is -1.04. The standard InChI is InChI=1S/C14H12F3N/c1-8-4-2-5-9(12(8)16)14(18)10-6-3-7-11(15)13(10)17/h2-7,14H,18H2,1H3. The van der Waals surface area contributed by atoms with Crippen molar-refractivity contribution in [1.29, 1.82) is 0 Å². The first-order valence-electron chi connectivity index (χ1n) is 5.47. The maximum Gasteiger partial charge on any atom is 0.163 e. The van der Waals surface area contributed by atoms with Crippen molar-refractivity contribution >= 4 is 0 Å². The lowest BCUT2D eigenvalue weighted by Crippen LogP contribution is -2.16. The molecule has 1 nitrogen and oxygen atoms in total. The van der Waals surface area contributed by atoms with Crippen LogP contribution in [-0.2, 0) is 0 Å². The van der Waals surface area contributed by atoms with Gasteiger partial charge in [0.1, 0.15) is 5.82 Å².